The molecule has 1 N–H and O–H groups in total. The maximum absolute atomic E-state index is 5.79. The number of hydrogen-bond acceptors (Lipinski definition) is 2. The molecule has 1 saturated carbocycles. The first-order chi connectivity index (χ1) is 7.74. The van der Waals surface area contributed by atoms with Gasteiger partial charge in [0, 0.05) is 12.6 Å². The summed E-state index contributed by atoms with van der Waals surface area (Å²) in [4.78, 5) is 0. The number of likely N-dealkylation sites (N-methyl/N-ethyl adjacent to an activating group) is 1. The Morgan fingerprint density at radius 1 is 1.25 bits per heavy atom. The number of nitrogens with one attached hydrogen (secondary N) is 1. The monoisotopic (exact) mass is 227 g/mol. The molecule has 0 aromatic heterocycles. The third-order valence-corrected chi connectivity index (χ3v) is 3.71. The lowest BCUT2D eigenvalue weighted by atomic mass is 9.99. The highest BCUT2D eigenvalue weighted by molar-refractivity contribution is 4.79. The van der Waals surface area contributed by atoms with Crippen LogP contribution in [0.5, 0.6) is 0 Å². The van der Waals surface area contributed by atoms with E-state index in [0.29, 0.717) is 6.04 Å². The van der Waals surface area contributed by atoms with Gasteiger partial charge in [0.2, 0.25) is 0 Å². The summed E-state index contributed by atoms with van der Waals surface area (Å²) in [7, 11) is 2.07. The molecule has 2 nitrogen and oxygen atoms in total. The van der Waals surface area contributed by atoms with Gasteiger partial charge < -0.3 is 10.1 Å². The van der Waals surface area contributed by atoms with Crippen LogP contribution in [0.2, 0.25) is 0 Å². The van der Waals surface area contributed by atoms with Crippen molar-refractivity contribution in [3.05, 3.63) is 0 Å². The minimum absolute atomic E-state index is 0.585. The molecule has 1 aliphatic rings. The molecule has 1 atom stereocenters. The first kappa shape index (κ1) is 14.0. The molecule has 0 saturated heterocycles. The fourth-order valence-electron chi connectivity index (χ4n) is 2.62. The standard InChI is InChI=1S/C14H29NO/c1-12(2)7-6-10-16-11-14(15-3)13-8-4-5-9-13/h12-15H,4-11H2,1-3H3. The summed E-state index contributed by atoms with van der Waals surface area (Å²) in [5, 5.41) is 3.42. The van der Waals surface area contributed by atoms with Gasteiger partial charge in [-0.25, -0.2) is 0 Å². The Bertz CT molecular complexity index is 164. The summed E-state index contributed by atoms with van der Waals surface area (Å²) in [5.74, 6) is 1.66. The molecule has 0 bridgehead atoms. The molecular formula is C14H29NO. The van der Waals surface area contributed by atoms with Crippen molar-refractivity contribution < 1.29 is 4.74 Å². The Labute approximate surface area is 101 Å². The fourth-order valence-corrected chi connectivity index (χ4v) is 2.62. The third kappa shape index (κ3) is 5.31. The minimum atomic E-state index is 0.585. The average Bonchev–Trinajstić information content (AvgIpc) is 2.76. The van der Waals surface area contributed by atoms with E-state index in [1.165, 1.54) is 38.5 Å². The van der Waals surface area contributed by atoms with Crippen LogP contribution >= 0.6 is 0 Å². The van der Waals surface area contributed by atoms with Crippen LogP contribution in [0.1, 0.15) is 52.4 Å². The zero-order valence-electron chi connectivity index (χ0n) is 11.3. The van der Waals surface area contributed by atoms with E-state index in [-0.39, 0.29) is 0 Å². The molecule has 0 aliphatic heterocycles. The number of ether oxygens (including phenoxy) is 1. The Morgan fingerprint density at radius 3 is 2.50 bits per heavy atom. The Balaban J connectivity index is 2.04. The van der Waals surface area contributed by atoms with Gasteiger partial charge in [-0.3, -0.25) is 0 Å². The summed E-state index contributed by atoms with van der Waals surface area (Å²) in [6.45, 7) is 6.38. The predicted octanol–water partition coefficient (Wildman–Crippen LogP) is 3.22. The van der Waals surface area contributed by atoms with Crippen molar-refractivity contribution in [2.45, 2.75) is 58.4 Å². The van der Waals surface area contributed by atoms with E-state index in [1.807, 2.05) is 0 Å². The van der Waals surface area contributed by atoms with Crippen molar-refractivity contribution in [1.29, 1.82) is 0 Å². The zero-order valence-corrected chi connectivity index (χ0v) is 11.3. The fraction of sp³-hybridized carbons (Fsp3) is 1.00. The molecule has 1 unspecified atom stereocenters. The van der Waals surface area contributed by atoms with Gasteiger partial charge in [-0.1, -0.05) is 26.7 Å². The Morgan fingerprint density at radius 2 is 1.94 bits per heavy atom. The van der Waals surface area contributed by atoms with E-state index >= 15 is 0 Å². The van der Waals surface area contributed by atoms with Crippen LogP contribution in [0.25, 0.3) is 0 Å². The van der Waals surface area contributed by atoms with Crippen LogP contribution in [0.3, 0.4) is 0 Å². The normalized spacial score (nSPS) is 19.5. The molecule has 2 heteroatoms. The highest BCUT2D eigenvalue weighted by Crippen LogP contribution is 2.27. The molecular weight excluding hydrogens is 198 g/mol. The molecule has 96 valence electrons. The van der Waals surface area contributed by atoms with Crippen LogP contribution in [0, 0.1) is 11.8 Å². The molecule has 1 fully saturated rings. The van der Waals surface area contributed by atoms with Gasteiger partial charge in [0.25, 0.3) is 0 Å². The average molecular weight is 227 g/mol. The SMILES string of the molecule is CNC(COCCCC(C)C)C1CCCC1. The smallest absolute Gasteiger partial charge is 0.0622 e. The van der Waals surface area contributed by atoms with Crippen molar-refractivity contribution in [1.82, 2.24) is 5.32 Å². The van der Waals surface area contributed by atoms with Crippen molar-refractivity contribution in [2.24, 2.45) is 11.8 Å². The third-order valence-electron chi connectivity index (χ3n) is 3.71. The Hall–Kier alpha value is -0.0800. The van der Waals surface area contributed by atoms with Crippen LogP contribution < -0.4 is 5.32 Å². The molecule has 16 heavy (non-hydrogen) atoms. The van der Waals surface area contributed by atoms with E-state index in [1.54, 1.807) is 0 Å². The van der Waals surface area contributed by atoms with E-state index in [0.717, 1.165) is 25.0 Å². The number of hydrogen-bond donors (Lipinski definition) is 1. The Kier molecular flexibility index (Phi) is 7.06. The summed E-state index contributed by atoms with van der Waals surface area (Å²) in [5.41, 5.74) is 0. The lowest BCUT2D eigenvalue weighted by molar-refractivity contribution is 0.0917. The zero-order chi connectivity index (χ0) is 11.8. The predicted molar refractivity (Wildman–Crippen MR) is 69.7 cm³/mol. The van der Waals surface area contributed by atoms with Crippen LogP contribution in [-0.4, -0.2) is 26.3 Å². The second-order valence-electron chi connectivity index (χ2n) is 5.55. The molecule has 0 heterocycles. The lowest BCUT2D eigenvalue weighted by Crippen LogP contribution is -2.36. The molecule has 0 aromatic carbocycles. The summed E-state index contributed by atoms with van der Waals surface area (Å²) >= 11 is 0. The van der Waals surface area contributed by atoms with E-state index in [9.17, 15) is 0 Å². The second-order valence-corrected chi connectivity index (χ2v) is 5.55. The molecule has 0 amide bonds. The van der Waals surface area contributed by atoms with Gasteiger partial charge in [0.1, 0.15) is 0 Å². The maximum atomic E-state index is 5.79. The topological polar surface area (TPSA) is 21.3 Å². The summed E-state index contributed by atoms with van der Waals surface area (Å²) in [6.07, 6.45) is 8.10. The van der Waals surface area contributed by atoms with Gasteiger partial charge in [0.15, 0.2) is 0 Å². The van der Waals surface area contributed by atoms with Gasteiger partial charge in [-0.2, -0.15) is 0 Å². The van der Waals surface area contributed by atoms with Gasteiger partial charge in [-0.05, 0) is 44.6 Å². The first-order valence-electron chi connectivity index (χ1n) is 6.99. The molecule has 0 aromatic rings. The van der Waals surface area contributed by atoms with E-state index in [4.69, 9.17) is 4.74 Å². The number of rotatable bonds is 8. The summed E-state index contributed by atoms with van der Waals surface area (Å²) < 4.78 is 5.79. The largest absolute Gasteiger partial charge is 0.380 e. The molecule has 0 radical (unpaired) electrons. The maximum Gasteiger partial charge on any atom is 0.0622 e. The van der Waals surface area contributed by atoms with E-state index < -0.39 is 0 Å². The van der Waals surface area contributed by atoms with Crippen LogP contribution in [0.4, 0.5) is 0 Å². The quantitative estimate of drug-likeness (QED) is 0.643. The van der Waals surface area contributed by atoms with E-state index in [2.05, 4.69) is 26.2 Å². The highest BCUT2D eigenvalue weighted by Gasteiger charge is 2.23. The van der Waals surface area contributed by atoms with Crippen molar-refractivity contribution in [3.8, 4) is 0 Å². The highest BCUT2D eigenvalue weighted by atomic mass is 16.5. The van der Waals surface area contributed by atoms with Crippen LogP contribution in [0.15, 0.2) is 0 Å². The van der Waals surface area contributed by atoms with Crippen molar-refractivity contribution >= 4 is 0 Å². The molecule has 1 aliphatic carbocycles. The summed E-state index contributed by atoms with van der Waals surface area (Å²) in [6, 6.07) is 0.585. The van der Waals surface area contributed by atoms with Crippen molar-refractivity contribution in [2.75, 3.05) is 20.3 Å². The lowest BCUT2D eigenvalue weighted by Gasteiger charge is -2.22. The second kappa shape index (κ2) is 8.08. The molecule has 0 spiro atoms. The minimum Gasteiger partial charge on any atom is -0.380 e. The van der Waals surface area contributed by atoms with Gasteiger partial charge in [-0.15, -0.1) is 0 Å². The van der Waals surface area contributed by atoms with Gasteiger partial charge >= 0.3 is 0 Å². The van der Waals surface area contributed by atoms with Gasteiger partial charge in [0.05, 0.1) is 6.61 Å². The first-order valence-corrected chi connectivity index (χ1v) is 6.99. The van der Waals surface area contributed by atoms with Crippen LogP contribution in [-0.2, 0) is 4.74 Å². The van der Waals surface area contributed by atoms with Crippen molar-refractivity contribution in [3.63, 3.8) is 0 Å². The molecule has 1 rings (SSSR count).